The molecule has 3 nitrogen and oxygen atoms in total. The maximum atomic E-state index is 12.1. The smallest absolute Gasteiger partial charge is 0.247 e. The maximum absolute atomic E-state index is 12.1. The van der Waals surface area contributed by atoms with Crippen molar-refractivity contribution in [3.63, 3.8) is 0 Å². The zero-order valence-corrected chi connectivity index (χ0v) is 11.4. The zero-order valence-electron chi connectivity index (χ0n) is 11.4. The molecule has 0 unspecified atom stereocenters. The summed E-state index contributed by atoms with van der Waals surface area (Å²) >= 11 is 0. The van der Waals surface area contributed by atoms with E-state index in [1.165, 1.54) is 0 Å². The molecule has 0 atom stereocenters. The summed E-state index contributed by atoms with van der Waals surface area (Å²) < 4.78 is 0. The second kappa shape index (κ2) is 6.24. The van der Waals surface area contributed by atoms with Crippen LogP contribution in [-0.2, 0) is 4.79 Å². The van der Waals surface area contributed by atoms with Gasteiger partial charge in [-0.3, -0.25) is 4.79 Å². The first-order valence-electron chi connectivity index (χ1n) is 6.21. The molecule has 1 N–H and O–H groups in total. The molecule has 0 spiro atoms. The molecule has 0 saturated carbocycles. The van der Waals surface area contributed by atoms with Gasteiger partial charge in [-0.1, -0.05) is 12.1 Å². The van der Waals surface area contributed by atoms with E-state index < -0.39 is 0 Å². The van der Waals surface area contributed by atoms with Crippen molar-refractivity contribution in [1.82, 2.24) is 4.90 Å². The summed E-state index contributed by atoms with van der Waals surface area (Å²) in [5.41, 5.74) is 0.897. The van der Waals surface area contributed by atoms with Crippen molar-refractivity contribution in [2.24, 2.45) is 0 Å². The lowest BCUT2D eigenvalue weighted by Gasteiger charge is -2.29. The first-order chi connectivity index (χ1) is 8.41. The van der Waals surface area contributed by atoms with Crippen molar-refractivity contribution in [3.8, 4) is 5.75 Å². The van der Waals surface area contributed by atoms with Gasteiger partial charge in [0.05, 0.1) is 0 Å². The Labute approximate surface area is 109 Å². The van der Waals surface area contributed by atoms with E-state index in [2.05, 4.69) is 0 Å². The highest BCUT2D eigenvalue weighted by Gasteiger charge is 2.17. The van der Waals surface area contributed by atoms with Crippen LogP contribution in [0.15, 0.2) is 30.3 Å². The number of carbonyl (C=O) groups is 1. The molecule has 1 rings (SSSR count). The van der Waals surface area contributed by atoms with Gasteiger partial charge in [0.2, 0.25) is 5.91 Å². The summed E-state index contributed by atoms with van der Waals surface area (Å²) in [6.07, 6.45) is 3.34. The molecular weight excluding hydrogens is 226 g/mol. The molecule has 0 bridgehead atoms. The molecule has 0 aliphatic heterocycles. The van der Waals surface area contributed by atoms with Gasteiger partial charge in [-0.15, -0.1) is 0 Å². The van der Waals surface area contributed by atoms with Gasteiger partial charge in [0.15, 0.2) is 0 Å². The number of hydrogen-bond donors (Lipinski definition) is 1. The number of phenols is 1. The predicted molar refractivity (Wildman–Crippen MR) is 74.3 cm³/mol. The number of benzene rings is 1. The Kier molecular flexibility index (Phi) is 4.95. The Morgan fingerprint density at radius 2 is 1.61 bits per heavy atom. The van der Waals surface area contributed by atoms with Crippen molar-refractivity contribution in [3.05, 3.63) is 35.9 Å². The third-order valence-corrected chi connectivity index (χ3v) is 2.68. The molecule has 0 aromatic heterocycles. The molecule has 1 aromatic rings. The van der Waals surface area contributed by atoms with Crippen LogP contribution in [0.3, 0.4) is 0 Å². The predicted octanol–water partition coefficient (Wildman–Crippen LogP) is 3.05. The average Bonchev–Trinajstić information content (AvgIpc) is 2.27. The topological polar surface area (TPSA) is 40.5 Å². The van der Waals surface area contributed by atoms with E-state index in [0.717, 1.165) is 5.56 Å². The summed E-state index contributed by atoms with van der Waals surface area (Å²) in [6, 6.07) is 7.12. The number of hydrogen-bond acceptors (Lipinski definition) is 2. The van der Waals surface area contributed by atoms with E-state index >= 15 is 0 Å². The van der Waals surface area contributed by atoms with Crippen LogP contribution in [0, 0.1) is 0 Å². The number of phenolic OH excluding ortho intramolecular Hbond substituents is 1. The van der Waals surface area contributed by atoms with Crippen LogP contribution in [-0.4, -0.2) is 28.0 Å². The van der Waals surface area contributed by atoms with E-state index in [-0.39, 0.29) is 23.7 Å². The molecule has 0 aliphatic carbocycles. The fourth-order valence-corrected chi connectivity index (χ4v) is 1.94. The molecule has 18 heavy (non-hydrogen) atoms. The van der Waals surface area contributed by atoms with E-state index in [1.807, 2.05) is 32.6 Å². The summed E-state index contributed by atoms with van der Waals surface area (Å²) in [6.45, 7) is 8.02. The van der Waals surface area contributed by atoms with Gasteiger partial charge >= 0.3 is 0 Å². The van der Waals surface area contributed by atoms with Crippen LogP contribution in [0.1, 0.15) is 33.3 Å². The molecule has 0 saturated heterocycles. The standard InChI is InChI=1S/C15H21NO2/c1-11(2)16(12(3)4)15(18)10-7-13-5-8-14(17)9-6-13/h5-12,17H,1-4H3. The maximum Gasteiger partial charge on any atom is 0.247 e. The van der Waals surface area contributed by atoms with Crippen LogP contribution in [0.4, 0.5) is 0 Å². The van der Waals surface area contributed by atoms with Gasteiger partial charge in [0, 0.05) is 18.2 Å². The number of amides is 1. The van der Waals surface area contributed by atoms with E-state index in [1.54, 1.807) is 36.4 Å². The summed E-state index contributed by atoms with van der Waals surface area (Å²) in [5, 5.41) is 9.17. The van der Waals surface area contributed by atoms with Crippen molar-refractivity contribution < 1.29 is 9.90 Å². The van der Waals surface area contributed by atoms with Crippen LogP contribution in [0.5, 0.6) is 5.75 Å². The third kappa shape index (κ3) is 3.91. The zero-order chi connectivity index (χ0) is 13.7. The largest absolute Gasteiger partial charge is 0.508 e. The Bertz CT molecular complexity index is 411. The van der Waals surface area contributed by atoms with Crippen molar-refractivity contribution >= 4 is 12.0 Å². The van der Waals surface area contributed by atoms with Gasteiger partial charge in [-0.05, 0) is 51.5 Å². The van der Waals surface area contributed by atoms with Crippen molar-refractivity contribution in [2.45, 2.75) is 39.8 Å². The lowest BCUT2D eigenvalue weighted by atomic mass is 10.2. The Morgan fingerprint density at radius 3 is 2.06 bits per heavy atom. The minimum absolute atomic E-state index is 0.00748. The van der Waals surface area contributed by atoms with E-state index in [4.69, 9.17) is 5.11 Å². The third-order valence-electron chi connectivity index (χ3n) is 2.68. The molecular formula is C15H21NO2. The van der Waals surface area contributed by atoms with Crippen molar-refractivity contribution in [2.75, 3.05) is 0 Å². The van der Waals surface area contributed by atoms with Gasteiger partial charge in [-0.25, -0.2) is 0 Å². The van der Waals surface area contributed by atoms with Crippen LogP contribution >= 0.6 is 0 Å². The van der Waals surface area contributed by atoms with Gasteiger partial charge in [0.1, 0.15) is 5.75 Å². The minimum Gasteiger partial charge on any atom is -0.508 e. The van der Waals surface area contributed by atoms with Gasteiger partial charge < -0.3 is 10.0 Å². The lowest BCUT2D eigenvalue weighted by molar-refractivity contribution is -0.129. The van der Waals surface area contributed by atoms with Crippen molar-refractivity contribution in [1.29, 1.82) is 0 Å². The molecule has 0 fully saturated rings. The average molecular weight is 247 g/mol. The van der Waals surface area contributed by atoms with Gasteiger partial charge in [0.25, 0.3) is 0 Å². The summed E-state index contributed by atoms with van der Waals surface area (Å²) in [7, 11) is 0. The quantitative estimate of drug-likeness (QED) is 0.831. The minimum atomic E-state index is 0.00748. The highest BCUT2D eigenvalue weighted by molar-refractivity contribution is 5.92. The van der Waals surface area contributed by atoms with E-state index in [0.29, 0.717) is 0 Å². The molecule has 0 heterocycles. The molecule has 3 heteroatoms. The monoisotopic (exact) mass is 247 g/mol. The highest BCUT2D eigenvalue weighted by Crippen LogP contribution is 2.12. The summed E-state index contributed by atoms with van der Waals surface area (Å²) in [5.74, 6) is 0.234. The SMILES string of the molecule is CC(C)N(C(=O)C=Cc1ccc(O)cc1)C(C)C. The molecule has 98 valence electrons. The molecule has 0 radical (unpaired) electrons. The molecule has 1 amide bonds. The number of carbonyl (C=O) groups excluding carboxylic acids is 1. The number of aromatic hydroxyl groups is 1. The first kappa shape index (κ1) is 14.3. The Hall–Kier alpha value is -1.77. The van der Waals surface area contributed by atoms with E-state index in [9.17, 15) is 4.79 Å². The molecule has 1 aromatic carbocycles. The van der Waals surface area contributed by atoms with Crippen LogP contribution in [0.25, 0.3) is 6.08 Å². The second-order valence-electron chi connectivity index (χ2n) is 4.86. The van der Waals surface area contributed by atoms with Crippen LogP contribution < -0.4 is 0 Å². The number of rotatable bonds is 4. The normalized spacial score (nSPS) is 11.4. The Balaban J connectivity index is 2.77. The van der Waals surface area contributed by atoms with Gasteiger partial charge in [-0.2, -0.15) is 0 Å². The number of nitrogens with zero attached hydrogens (tertiary/aromatic N) is 1. The Morgan fingerprint density at radius 1 is 1.11 bits per heavy atom. The lowest BCUT2D eigenvalue weighted by Crippen LogP contribution is -2.41. The van der Waals surface area contributed by atoms with Crippen LogP contribution in [0.2, 0.25) is 0 Å². The summed E-state index contributed by atoms with van der Waals surface area (Å²) in [4.78, 5) is 13.9. The molecule has 0 aliphatic rings. The first-order valence-corrected chi connectivity index (χ1v) is 6.21. The highest BCUT2D eigenvalue weighted by atomic mass is 16.3. The second-order valence-corrected chi connectivity index (χ2v) is 4.86. The fraction of sp³-hybridized carbons (Fsp3) is 0.400. The fourth-order valence-electron chi connectivity index (χ4n) is 1.94.